The zero-order valence-electron chi connectivity index (χ0n) is 20.8. The first-order chi connectivity index (χ1) is 15.1. The lowest BCUT2D eigenvalue weighted by molar-refractivity contribution is -0.150. The molecule has 4 heteroatoms. The second-order valence-electron chi connectivity index (χ2n) is 9.24. The summed E-state index contributed by atoms with van der Waals surface area (Å²) in [6, 6.07) is 0. The van der Waals surface area contributed by atoms with Crippen molar-refractivity contribution >= 4 is 11.9 Å². The van der Waals surface area contributed by atoms with Gasteiger partial charge in [-0.25, -0.2) is 0 Å². The number of unbranched alkanes of at least 4 members (excludes halogenated alkanes) is 15. The van der Waals surface area contributed by atoms with E-state index in [-0.39, 0.29) is 18.5 Å². The van der Waals surface area contributed by atoms with E-state index in [9.17, 15) is 9.59 Å². The molecule has 0 amide bonds. The number of carbonyl (C=O) groups is 2. The van der Waals surface area contributed by atoms with E-state index in [1.54, 1.807) is 0 Å². The van der Waals surface area contributed by atoms with Crippen LogP contribution in [0.3, 0.4) is 0 Å². The van der Waals surface area contributed by atoms with Crippen molar-refractivity contribution in [2.75, 3.05) is 0 Å². The summed E-state index contributed by atoms with van der Waals surface area (Å²) in [5, 5.41) is 8.68. The van der Waals surface area contributed by atoms with Crippen molar-refractivity contribution in [1.29, 1.82) is 0 Å². The molecular weight excluding hydrogens is 388 g/mol. The molecule has 31 heavy (non-hydrogen) atoms. The minimum atomic E-state index is -0.703. The Morgan fingerprint density at radius 2 is 1.00 bits per heavy atom. The first-order valence-electron chi connectivity index (χ1n) is 13.5. The summed E-state index contributed by atoms with van der Waals surface area (Å²) in [7, 11) is 0. The highest BCUT2D eigenvalue weighted by Gasteiger charge is 2.13. The number of esters is 1. The fourth-order valence-corrected chi connectivity index (χ4v) is 4.10. The van der Waals surface area contributed by atoms with Crippen molar-refractivity contribution in [2.45, 2.75) is 161 Å². The van der Waals surface area contributed by atoms with Crippen molar-refractivity contribution in [1.82, 2.24) is 0 Å². The third-order valence-electron chi connectivity index (χ3n) is 6.05. The summed E-state index contributed by atoms with van der Waals surface area (Å²) in [6.07, 6.45) is 24.8. The van der Waals surface area contributed by atoms with Crippen molar-refractivity contribution in [3.63, 3.8) is 0 Å². The molecule has 0 radical (unpaired) electrons. The van der Waals surface area contributed by atoms with Crippen LogP contribution in [0.15, 0.2) is 0 Å². The van der Waals surface area contributed by atoms with E-state index in [0.29, 0.717) is 6.42 Å². The summed E-state index contributed by atoms with van der Waals surface area (Å²) in [5.41, 5.74) is 0. The van der Waals surface area contributed by atoms with E-state index in [0.717, 1.165) is 57.8 Å². The molecule has 4 nitrogen and oxygen atoms in total. The van der Waals surface area contributed by atoms with Crippen LogP contribution in [0, 0.1) is 0 Å². The van der Waals surface area contributed by atoms with Gasteiger partial charge in [-0.2, -0.15) is 0 Å². The summed E-state index contributed by atoms with van der Waals surface area (Å²) < 4.78 is 5.73. The molecule has 0 fully saturated rings. The first kappa shape index (κ1) is 29.9. The Bertz CT molecular complexity index is 408. The summed E-state index contributed by atoms with van der Waals surface area (Å²) in [5.74, 6) is -0.752. The molecule has 0 aromatic heterocycles. The third kappa shape index (κ3) is 23.4. The summed E-state index contributed by atoms with van der Waals surface area (Å²) in [4.78, 5) is 22.5. The molecule has 0 aliphatic heterocycles. The molecule has 1 unspecified atom stereocenters. The van der Waals surface area contributed by atoms with E-state index in [2.05, 4.69) is 6.92 Å². The average Bonchev–Trinajstić information content (AvgIpc) is 2.73. The van der Waals surface area contributed by atoms with Gasteiger partial charge in [-0.3, -0.25) is 9.59 Å². The fourth-order valence-electron chi connectivity index (χ4n) is 4.10. The molecule has 0 saturated carbocycles. The Kier molecular flexibility index (Phi) is 22.8. The molecule has 0 heterocycles. The Hall–Kier alpha value is -1.06. The van der Waals surface area contributed by atoms with Crippen LogP contribution in [-0.4, -0.2) is 23.1 Å². The molecule has 0 saturated heterocycles. The van der Waals surface area contributed by atoms with Gasteiger partial charge in [-0.05, 0) is 38.5 Å². The second-order valence-corrected chi connectivity index (χ2v) is 9.24. The molecule has 1 N–H and O–H groups in total. The molecular formula is C27H52O4. The Labute approximate surface area is 192 Å². The van der Waals surface area contributed by atoms with Gasteiger partial charge in [0.25, 0.3) is 0 Å². The normalized spacial score (nSPS) is 12.1. The van der Waals surface area contributed by atoms with Gasteiger partial charge in [0.05, 0.1) is 0 Å². The summed E-state index contributed by atoms with van der Waals surface area (Å²) >= 11 is 0. The molecule has 0 spiro atoms. The van der Waals surface area contributed by atoms with Crippen LogP contribution < -0.4 is 0 Å². The van der Waals surface area contributed by atoms with Gasteiger partial charge in [-0.1, -0.05) is 104 Å². The maximum atomic E-state index is 11.9. The van der Waals surface area contributed by atoms with Gasteiger partial charge in [0, 0.05) is 12.8 Å². The first-order valence-corrected chi connectivity index (χ1v) is 13.5. The molecule has 1 atom stereocenters. The Balaban J connectivity index is 3.77. The van der Waals surface area contributed by atoms with Crippen LogP contribution in [0.5, 0.6) is 0 Å². The predicted molar refractivity (Wildman–Crippen MR) is 130 cm³/mol. The standard InChI is InChI=1S/C27H52O4/c1-3-5-6-7-8-9-10-11-12-13-15-18-22-25(31-27(30)21-4-2)23-19-16-14-17-20-24-26(28)29/h25H,3-24H2,1-2H3,(H,28,29). The lowest BCUT2D eigenvalue weighted by Gasteiger charge is -2.18. The molecule has 0 rings (SSSR count). The van der Waals surface area contributed by atoms with Crippen LogP contribution in [0.2, 0.25) is 0 Å². The van der Waals surface area contributed by atoms with Crippen molar-refractivity contribution in [3.8, 4) is 0 Å². The summed E-state index contributed by atoms with van der Waals surface area (Å²) in [6.45, 7) is 4.28. The van der Waals surface area contributed by atoms with Crippen molar-refractivity contribution in [3.05, 3.63) is 0 Å². The van der Waals surface area contributed by atoms with Gasteiger partial charge in [0.2, 0.25) is 0 Å². The zero-order valence-corrected chi connectivity index (χ0v) is 20.8. The van der Waals surface area contributed by atoms with Gasteiger partial charge >= 0.3 is 11.9 Å². The number of aliphatic carboxylic acids is 1. The zero-order chi connectivity index (χ0) is 23.0. The monoisotopic (exact) mass is 440 g/mol. The molecule has 0 aromatic rings. The van der Waals surface area contributed by atoms with Crippen molar-refractivity contribution < 1.29 is 19.4 Å². The number of rotatable bonds is 24. The largest absolute Gasteiger partial charge is 0.481 e. The van der Waals surface area contributed by atoms with E-state index >= 15 is 0 Å². The van der Waals surface area contributed by atoms with Crippen LogP contribution >= 0.6 is 0 Å². The minimum absolute atomic E-state index is 0.0482. The lowest BCUT2D eigenvalue weighted by atomic mass is 10.0. The Morgan fingerprint density at radius 1 is 0.581 bits per heavy atom. The lowest BCUT2D eigenvalue weighted by Crippen LogP contribution is -2.18. The number of hydrogen-bond donors (Lipinski definition) is 1. The van der Waals surface area contributed by atoms with E-state index in [1.807, 2.05) is 6.92 Å². The fraction of sp³-hybridized carbons (Fsp3) is 0.926. The molecule has 0 aliphatic carbocycles. The number of carboxylic acid groups (broad SMARTS) is 1. The van der Waals surface area contributed by atoms with E-state index in [1.165, 1.54) is 70.6 Å². The van der Waals surface area contributed by atoms with Gasteiger partial charge < -0.3 is 9.84 Å². The van der Waals surface area contributed by atoms with Gasteiger partial charge in [-0.15, -0.1) is 0 Å². The highest BCUT2D eigenvalue weighted by atomic mass is 16.5. The highest BCUT2D eigenvalue weighted by molar-refractivity contribution is 5.69. The van der Waals surface area contributed by atoms with E-state index < -0.39 is 5.97 Å². The average molecular weight is 441 g/mol. The minimum Gasteiger partial charge on any atom is -0.481 e. The number of hydrogen-bond acceptors (Lipinski definition) is 3. The van der Waals surface area contributed by atoms with Crippen LogP contribution in [0.4, 0.5) is 0 Å². The molecule has 0 aliphatic rings. The highest BCUT2D eigenvalue weighted by Crippen LogP contribution is 2.18. The Morgan fingerprint density at radius 3 is 1.42 bits per heavy atom. The number of ether oxygens (including phenoxy) is 1. The quantitative estimate of drug-likeness (QED) is 0.120. The second kappa shape index (κ2) is 23.6. The van der Waals surface area contributed by atoms with Crippen LogP contribution in [0.25, 0.3) is 0 Å². The maximum absolute atomic E-state index is 11.9. The van der Waals surface area contributed by atoms with Gasteiger partial charge in [0.15, 0.2) is 0 Å². The number of carbonyl (C=O) groups excluding carboxylic acids is 1. The number of carboxylic acids is 1. The predicted octanol–water partition coefficient (Wildman–Crippen LogP) is 8.60. The topological polar surface area (TPSA) is 63.6 Å². The molecule has 0 aromatic carbocycles. The van der Waals surface area contributed by atoms with Gasteiger partial charge in [0.1, 0.15) is 6.10 Å². The van der Waals surface area contributed by atoms with Crippen LogP contribution in [0.1, 0.15) is 155 Å². The SMILES string of the molecule is CCCCCCCCCCCCCCC(CCCCCCCC(=O)O)OC(=O)CCC. The smallest absolute Gasteiger partial charge is 0.306 e. The van der Waals surface area contributed by atoms with E-state index in [4.69, 9.17) is 9.84 Å². The maximum Gasteiger partial charge on any atom is 0.306 e. The van der Waals surface area contributed by atoms with Crippen molar-refractivity contribution in [2.24, 2.45) is 0 Å². The van der Waals surface area contributed by atoms with Crippen LogP contribution in [-0.2, 0) is 14.3 Å². The molecule has 184 valence electrons. The molecule has 0 bridgehead atoms. The third-order valence-corrected chi connectivity index (χ3v) is 6.05.